The van der Waals surface area contributed by atoms with E-state index >= 15 is 0 Å². The van der Waals surface area contributed by atoms with Crippen molar-refractivity contribution in [1.82, 2.24) is 5.32 Å². The van der Waals surface area contributed by atoms with Gasteiger partial charge in [0.1, 0.15) is 5.82 Å². The summed E-state index contributed by atoms with van der Waals surface area (Å²) in [4.78, 5) is 10.1. The molecule has 2 rings (SSSR count). The van der Waals surface area contributed by atoms with Gasteiger partial charge in [0.05, 0.1) is 11.0 Å². The second-order valence-corrected chi connectivity index (χ2v) is 5.90. The molecule has 1 aliphatic rings. The van der Waals surface area contributed by atoms with Crippen LogP contribution in [0, 0.1) is 21.3 Å². The molecule has 0 atom stereocenters. The molecule has 6 heteroatoms. The lowest BCUT2D eigenvalue weighted by Crippen LogP contribution is -2.38. The minimum absolute atomic E-state index is 0.0997. The van der Waals surface area contributed by atoms with Gasteiger partial charge in [-0.2, -0.15) is 0 Å². The average molecular weight is 296 g/mol. The summed E-state index contributed by atoms with van der Waals surface area (Å²) < 4.78 is 13.3. The highest BCUT2D eigenvalue weighted by Gasteiger charge is 2.30. The monoisotopic (exact) mass is 296 g/mol. The Hall–Kier alpha value is -1.53. The van der Waals surface area contributed by atoms with E-state index in [4.69, 9.17) is 0 Å². The minimum atomic E-state index is -0.601. The van der Waals surface area contributed by atoms with E-state index in [1.807, 2.05) is 0 Å². The Morgan fingerprint density at radius 1 is 1.29 bits per heavy atom. The van der Waals surface area contributed by atoms with Gasteiger partial charge in [-0.15, -0.1) is 0 Å². The molecule has 1 aromatic rings. The highest BCUT2D eigenvalue weighted by Crippen LogP contribution is 2.35. The summed E-state index contributed by atoms with van der Waals surface area (Å²) in [7, 11) is 0. The Bertz CT molecular complexity index is 502. The third kappa shape index (κ3) is 4.22. The van der Waals surface area contributed by atoms with E-state index in [-0.39, 0.29) is 17.7 Å². The van der Waals surface area contributed by atoms with Gasteiger partial charge in [0.2, 0.25) is 0 Å². The van der Waals surface area contributed by atoms with Gasteiger partial charge in [-0.3, -0.25) is 10.1 Å². The van der Waals surface area contributed by atoms with Gasteiger partial charge in [0.25, 0.3) is 5.69 Å². The number of nitrogens with zero attached hydrogens (tertiary/aromatic N) is 1. The molecule has 1 aliphatic carbocycles. The van der Waals surface area contributed by atoms with Crippen LogP contribution in [0.15, 0.2) is 18.2 Å². The molecule has 0 heterocycles. The molecule has 0 radical (unpaired) electrons. The summed E-state index contributed by atoms with van der Waals surface area (Å²) in [5, 5.41) is 23.5. The zero-order chi connectivity index (χ0) is 15.3. The van der Waals surface area contributed by atoms with Crippen molar-refractivity contribution in [2.45, 2.75) is 38.6 Å². The van der Waals surface area contributed by atoms with Gasteiger partial charge in [0.15, 0.2) is 0 Å². The average Bonchev–Trinajstić information content (AvgIpc) is 2.47. The third-order valence-electron chi connectivity index (χ3n) is 4.23. The standard InChI is InChI=1S/C15H21FN2O3/c16-13-6-12(7-14(8-13)18(20)21)9-17-10-15(11-19)4-2-1-3-5-15/h6-8,17,19H,1-5,9-11H2. The molecule has 0 bridgehead atoms. The van der Waals surface area contributed by atoms with Crippen molar-refractivity contribution in [2.75, 3.05) is 13.2 Å². The van der Waals surface area contributed by atoms with Gasteiger partial charge in [-0.25, -0.2) is 4.39 Å². The van der Waals surface area contributed by atoms with Crippen LogP contribution in [0.1, 0.15) is 37.7 Å². The highest BCUT2D eigenvalue weighted by molar-refractivity contribution is 5.35. The van der Waals surface area contributed by atoms with Crippen molar-refractivity contribution < 1.29 is 14.4 Å². The maximum atomic E-state index is 13.3. The second-order valence-electron chi connectivity index (χ2n) is 5.90. The number of nitrogens with one attached hydrogen (secondary N) is 1. The number of halogens is 1. The van der Waals surface area contributed by atoms with E-state index < -0.39 is 10.7 Å². The van der Waals surface area contributed by atoms with E-state index in [9.17, 15) is 19.6 Å². The molecule has 21 heavy (non-hydrogen) atoms. The molecule has 0 aliphatic heterocycles. The fourth-order valence-electron chi connectivity index (χ4n) is 3.01. The first-order chi connectivity index (χ1) is 10.0. The molecule has 0 spiro atoms. The summed E-state index contributed by atoms with van der Waals surface area (Å²) >= 11 is 0. The fraction of sp³-hybridized carbons (Fsp3) is 0.600. The molecule has 0 unspecified atom stereocenters. The first kappa shape index (κ1) is 15.9. The van der Waals surface area contributed by atoms with Gasteiger partial charge >= 0.3 is 0 Å². The smallest absolute Gasteiger partial charge is 0.272 e. The first-order valence-electron chi connectivity index (χ1n) is 7.30. The van der Waals surface area contributed by atoms with Crippen molar-refractivity contribution in [1.29, 1.82) is 0 Å². The first-order valence-corrected chi connectivity index (χ1v) is 7.30. The summed E-state index contributed by atoms with van der Waals surface area (Å²) in [6.45, 7) is 1.15. The SMILES string of the molecule is O=[N+]([O-])c1cc(F)cc(CNCC2(CO)CCCCC2)c1. The molecule has 1 fully saturated rings. The Morgan fingerprint density at radius 3 is 2.62 bits per heavy atom. The van der Waals surface area contributed by atoms with Gasteiger partial charge in [0, 0.05) is 31.2 Å². The largest absolute Gasteiger partial charge is 0.396 e. The number of benzene rings is 1. The molecule has 0 aromatic heterocycles. The molecular formula is C15H21FN2O3. The Morgan fingerprint density at radius 2 is 2.00 bits per heavy atom. The molecule has 0 amide bonds. The molecule has 0 saturated heterocycles. The predicted octanol–water partition coefficient (Wildman–Crippen LogP) is 2.77. The van der Waals surface area contributed by atoms with Crippen molar-refractivity contribution in [3.05, 3.63) is 39.7 Å². The topological polar surface area (TPSA) is 75.4 Å². The Labute approximate surface area is 123 Å². The lowest BCUT2D eigenvalue weighted by atomic mass is 9.74. The zero-order valence-corrected chi connectivity index (χ0v) is 12.0. The fourth-order valence-corrected chi connectivity index (χ4v) is 3.01. The van der Waals surface area contributed by atoms with Gasteiger partial charge in [-0.1, -0.05) is 19.3 Å². The van der Waals surface area contributed by atoms with Crippen LogP contribution in [-0.4, -0.2) is 23.2 Å². The van der Waals surface area contributed by atoms with E-state index in [1.54, 1.807) is 0 Å². The maximum Gasteiger partial charge on any atom is 0.272 e. The Balaban J connectivity index is 1.95. The van der Waals surface area contributed by atoms with Crippen molar-refractivity contribution >= 4 is 5.69 Å². The number of non-ortho nitro benzene ring substituents is 1. The van der Waals surface area contributed by atoms with Gasteiger partial charge < -0.3 is 10.4 Å². The van der Waals surface area contributed by atoms with Crippen LogP contribution in [0.5, 0.6) is 0 Å². The lowest BCUT2D eigenvalue weighted by Gasteiger charge is -2.35. The number of rotatable bonds is 6. The van der Waals surface area contributed by atoms with Crippen LogP contribution in [0.4, 0.5) is 10.1 Å². The maximum absolute atomic E-state index is 13.3. The lowest BCUT2D eigenvalue weighted by molar-refractivity contribution is -0.385. The summed E-state index contributed by atoms with van der Waals surface area (Å²) in [5.74, 6) is -0.601. The van der Waals surface area contributed by atoms with Crippen LogP contribution in [-0.2, 0) is 6.54 Å². The third-order valence-corrected chi connectivity index (χ3v) is 4.23. The number of hydrogen-bond acceptors (Lipinski definition) is 4. The number of aliphatic hydroxyl groups is 1. The van der Waals surface area contributed by atoms with Crippen molar-refractivity contribution in [3.8, 4) is 0 Å². The van der Waals surface area contributed by atoms with Crippen LogP contribution in [0.2, 0.25) is 0 Å². The van der Waals surface area contributed by atoms with Crippen molar-refractivity contribution in [3.63, 3.8) is 0 Å². The van der Waals surface area contributed by atoms with Crippen LogP contribution in [0.25, 0.3) is 0 Å². The molecule has 116 valence electrons. The highest BCUT2D eigenvalue weighted by atomic mass is 19.1. The number of aliphatic hydroxyl groups excluding tert-OH is 1. The van der Waals surface area contributed by atoms with E-state index in [0.717, 1.165) is 31.7 Å². The quantitative estimate of drug-likeness (QED) is 0.625. The zero-order valence-electron chi connectivity index (χ0n) is 12.0. The van der Waals surface area contributed by atoms with Crippen LogP contribution in [0.3, 0.4) is 0 Å². The molecule has 1 aromatic carbocycles. The molecule has 5 nitrogen and oxygen atoms in total. The van der Waals surface area contributed by atoms with Crippen LogP contribution >= 0.6 is 0 Å². The number of hydrogen-bond donors (Lipinski definition) is 2. The second kappa shape index (κ2) is 6.95. The van der Waals surface area contributed by atoms with E-state index in [2.05, 4.69) is 5.32 Å². The van der Waals surface area contributed by atoms with Gasteiger partial charge in [-0.05, 0) is 24.5 Å². The molecular weight excluding hydrogens is 275 g/mol. The number of nitro groups is 1. The normalized spacial score (nSPS) is 17.6. The van der Waals surface area contributed by atoms with E-state index in [1.165, 1.54) is 18.6 Å². The molecule has 2 N–H and O–H groups in total. The predicted molar refractivity (Wildman–Crippen MR) is 77.4 cm³/mol. The van der Waals surface area contributed by atoms with Crippen molar-refractivity contribution in [2.24, 2.45) is 5.41 Å². The summed E-state index contributed by atoms with van der Waals surface area (Å²) in [6, 6.07) is 3.59. The minimum Gasteiger partial charge on any atom is -0.396 e. The summed E-state index contributed by atoms with van der Waals surface area (Å²) in [6.07, 6.45) is 5.42. The molecule has 1 saturated carbocycles. The van der Waals surface area contributed by atoms with Crippen LogP contribution < -0.4 is 5.32 Å². The summed E-state index contributed by atoms with van der Waals surface area (Å²) in [5.41, 5.74) is 0.212. The number of nitro benzene ring substituents is 1. The van der Waals surface area contributed by atoms with E-state index in [0.29, 0.717) is 18.7 Å². The Kier molecular flexibility index (Phi) is 5.25.